The number of hydrogen-bond donors (Lipinski definition) is 1. The molecule has 8 heteroatoms. The van der Waals surface area contributed by atoms with Crippen LogP contribution in [-0.2, 0) is 0 Å². The van der Waals surface area contributed by atoms with Crippen LogP contribution in [0.2, 0.25) is 5.02 Å². The number of fused-ring (bicyclic) bond motifs is 1. The minimum atomic E-state index is -0.222. The fourth-order valence-corrected chi connectivity index (χ4v) is 4.96. The predicted octanol–water partition coefficient (Wildman–Crippen LogP) is 6.21. The lowest BCUT2D eigenvalue weighted by Crippen LogP contribution is -2.08. The molecule has 5 rings (SSSR count). The molecule has 0 aliphatic carbocycles. The Morgan fingerprint density at radius 1 is 1.03 bits per heavy atom. The van der Waals surface area contributed by atoms with Crippen LogP contribution in [0.15, 0.2) is 72.2 Å². The van der Waals surface area contributed by atoms with E-state index in [-0.39, 0.29) is 5.78 Å². The smallest absolute Gasteiger partial charge is 0.212 e. The van der Waals surface area contributed by atoms with Crippen molar-refractivity contribution < 1.29 is 14.3 Å². The minimum Gasteiger partial charge on any atom is -0.493 e. The number of rotatable bonds is 6. The summed E-state index contributed by atoms with van der Waals surface area (Å²) in [5.41, 5.74) is 11.1. The molecule has 34 heavy (non-hydrogen) atoms. The molecule has 0 aliphatic heterocycles. The van der Waals surface area contributed by atoms with Gasteiger partial charge in [-0.1, -0.05) is 29.8 Å². The number of carbonyl (C=O) groups excluding carboxylic acids is 1. The Balaban J connectivity index is 1.64. The first-order valence-electron chi connectivity index (χ1n) is 10.4. The highest BCUT2D eigenvalue weighted by Crippen LogP contribution is 2.40. The third kappa shape index (κ3) is 3.69. The summed E-state index contributed by atoms with van der Waals surface area (Å²) >= 11 is 7.50. The highest BCUT2D eigenvalue weighted by Gasteiger charge is 2.25. The number of hydrogen-bond acceptors (Lipinski definition) is 6. The van der Waals surface area contributed by atoms with E-state index in [4.69, 9.17) is 31.8 Å². The van der Waals surface area contributed by atoms with Crippen LogP contribution >= 0.6 is 22.9 Å². The summed E-state index contributed by atoms with van der Waals surface area (Å²) in [6, 6.07) is 18.3. The van der Waals surface area contributed by atoms with Crippen LogP contribution in [0, 0.1) is 0 Å². The van der Waals surface area contributed by atoms with E-state index in [0.717, 1.165) is 27.3 Å². The molecule has 0 fully saturated rings. The third-order valence-corrected chi connectivity index (χ3v) is 6.71. The maximum Gasteiger partial charge on any atom is 0.212 e. The van der Waals surface area contributed by atoms with Crippen molar-refractivity contribution in [3.8, 4) is 33.3 Å². The maximum atomic E-state index is 13.6. The fraction of sp³-hybridized carbons (Fsp3) is 0.0769. The number of benzene rings is 2. The molecule has 0 saturated carbocycles. The van der Waals surface area contributed by atoms with Crippen molar-refractivity contribution in [2.45, 2.75) is 0 Å². The first-order valence-corrected chi connectivity index (χ1v) is 11.6. The quantitative estimate of drug-likeness (QED) is 0.287. The van der Waals surface area contributed by atoms with Crippen molar-refractivity contribution in [1.29, 1.82) is 0 Å². The van der Waals surface area contributed by atoms with Crippen molar-refractivity contribution in [3.63, 3.8) is 0 Å². The fourth-order valence-electron chi connectivity index (χ4n) is 3.94. The molecule has 3 heterocycles. The summed E-state index contributed by atoms with van der Waals surface area (Å²) in [7, 11) is 3.09. The van der Waals surface area contributed by atoms with Crippen LogP contribution in [0.5, 0.6) is 11.5 Å². The minimum absolute atomic E-state index is 0.222. The Morgan fingerprint density at radius 3 is 2.53 bits per heavy atom. The SMILES string of the molecule is COc1ccc(C(=O)c2c(N)c(-c3nc(-c4ccc(Cl)cc4)cs3)c3ccccn23)cc1OC. The number of aromatic nitrogens is 2. The zero-order chi connectivity index (χ0) is 23.8. The van der Waals surface area contributed by atoms with Gasteiger partial charge in [0.15, 0.2) is 11.5 Å². The Hall–Kier alpha value is -3.81. The Morgan fingerprint density at radius 2 is 1.79 bits per heavy atom. The van der Waals surface area contributed by atoms with Crippen LogP contribution in [-0.4, -0.2) is 29.4 Å². The molecule has 0 saturated heterocycles. The second-order valence-electron chi connectivity index (χ2n) is 7.54. The highest BCUT2D eigenvalue weighted by atomic mass is 35.5. The summed E-state index contributed by atoms with van der Waals surface area (Å²) in [4.78, 5) is 18.4. The summed E-state index contributed by atoms with van der Waals surface area (Å²) < 4.78 is 12.5. The largest absolute Gasteiger partial charge is 0.493 e. The van der Waals surface area contributed by atoms with Gasteiger partial charge < -0.3 is 19.6 Å². The molecule has 0 radical (unpaired) electrons. The molecule has 0 atom stereocenters. The van der Waals surface area contributed by atoms with Gasteiger partial charge in [-0.15, -0.1) is 11.3 Å². The van der Waals surface area contributed by atoms with Gasteiger partial charge in [0.1, 0.15) is 10.7 Å². The molecule has 3 aromatic heterocycles. The molecule has 0 unspecified atom stereocenters. The van der Waals surface area contributed by atoms with Crippen molar-refractivity contribution in [2.24, 2.45) is 0 Å². The monoisotopic (exact) mass is 489 g/mol. The molecule has 2 aromatic carbocycles. The first-order chi connectivity index (χ1) is 16.5. The molecular weight excluding hydrogens is 470 g/mol. The van der Waals surface area contributed by atoms with E-state index in [2.05, 4.69) is 0 Å². The zero-order valence-corrected chi connectivity index (χ0v) is 20.0. The molecule has 2 N–H and O–H groups in total. The van der Waals surface area contributed by atoms with Crippen LogP contribution in [0.25, 0.3) is 27.3 Å². The molecule has 5 aromatic rings. The number of methoxy groups -OCH3 is 2. The number of ether oxygens (including phenoxy) is 2. The number of pyridine rings is 1. The summed E-state index contributed by atoms with van der Waals surface area (Å²) in [5, 5.41) is 3.37. The van der Waals surface area contributed by atoms with Gasteiger partial charge in [-0.05, 0) is 42.5 Å². The molecule has 0 bridgehead atoms. The lowest BCUT2D eigenvalue weighted by Gasteiger charge is -2.09. The van der Waals surface area contributed by atoms with Crippen molar-refractivity contribution >= 4 is 39.9 Å². The zero-order valence-electron chi connectivity index (χ0n) is 18.4. The third-order valence-electron chi connectivity index (χ3n) is 5.60. The summed E-state index contributed by atoms with van der Waals surface area (Å²) in [5.74, 6) is 0.797. The van der Waals surface area contributed by atoms with Gasteiger partial charge in [0.25, 0.3) is 0 Å². The number of carbonyl (C=O) groups is 1. The summed E-state index contributed by atoms with van der Waals surface area (Å²) in [6.45, 7) is 0. The average Bonchev–Trinajstić information content (AvgIpc) is 3.45. The number of halogens is 1. The van der Waals surface area contributed by atoms with Gasteiger partial charge in [-0.2, -0.15) is 0 Å². The lowest BCUT2D eigenvalue weighted by molar-refractivity contribution is 0.103. The number of anilines is 1. The van der Waals surface area contributed by atoms with E-state index < -0.39 is 0 Å². The van der Waals surface area contributed by atoms with Crippen LogP contribution in [0.1, 0.15) is 16.1 Å². The molecule has 0 amide bonds. The Kier molecular flexibility index (Phi) is 5.73. The van der Waals surface area contributed by atoms with Gasteiger partial charge in [0.2, 0.25) is 5.78 Å². The highest BCUT2D eigenvalue weighted by molar-refractivity contribution is 7.13. The molecule has 0 spiro atoms. The van der Waals surface area contributed by atoms with Crippen molar-refractivity contribution in [2.75, 3.05) is 20.0 Å². The number of thiazole rings is 1. The molecule has 6 nitrogen and oxygen atoms in total. The van der Waals surface area contributed by atoms with Gasteiger partial charge in [0.05, 0.1) is 36.7 Å². The van der Waals surface area contributed by atoms with Gasteiger partial charge >= 0.3 is 0 Å². The van der Waals surface area contributed by atoms with Crippen LogP contribution in [0.4, 0.5) is 5.69 Å². The molecule has 0 aliphatic rings. The van der Waals surface area contributed by atoms with E-state index in [1.807, 2.05) is 58.4 Å². The van der Waals surface area contributed by atoms with E-state index in [9.17, 15) is 4.79 Å². The number of nitrogens with zero attached hydrogens (tertiary/aromatic N) is 2. The summed E-state index contributed by atoms with van der Waals surface area (Å²) in [6.07, 6.45) is 1.83. The molecule has 170 valence electrons. The lowest BCUT2D eigenvalue weighted by atomic mass is 10.1. The Labute approximate surface area is 205 Å². The number of nitrogens with two attached hydrogens (primary N) is 1. The second kappa shape index (κ2) is 8.85. The normalized spacial score (nSPS) is 11.0. The first kappa shape index (κ1) is 22.0. The standard InChI is InChI=1S/C26H20ClN3O3S/c1-32-20-11-8-16(13-21(20)33-2)25(31)24-23(28)22(19-5-3-4-12-30(19)24)26-29-18(14-34-26)15-6-9-17(27)10-7-15/h3-14H,28H2,1-2H3. The second-order valence-corrected chi connectivity index (χ2v) is 8.83. The number of ketones is 1. The van der Waals surface area contributed by atoms with E-state index in [1.54, 1.807) is 25.3 Å². The van der Waals surface area contributed by atoms with Crippen molar-refractivity contribution in [3.05, 3.63) is 88.5 Å². The Bertz CT molecular complexity index is 1520. The van der Waals surface area contributed by atoms with E-state index in [0.29, 0.717) is 33.5 Å². The van der Waals surface area contributed by atoms with Crippen molar-refractivity contribution in [1.82, 2.24) is 9.38 Å². The maximum absolute atomic E-state index is 13.6. The number of nitrogen functional groups attached to an aromatic ring is 1. The van der Waals surface area contributed by atoms with Gasteiger partial charge in [0, 0.05) is 27.7 Å². The van der Waals surface area contributed by atoms with Crippen LogP contribution < -0.4 is 15.2 Å². The van der Waals surface area contributed by atoms with Crippen LogP contribution in [0.3, 0.4) is 0 Å². The average molecular weight is 490 g/mol. The predicted molar refractivity (Wildman–Crippen MR) is 136 cm³/mol. The van der Waals surface area contributed by atoms with E-state index >= 15 is 0 Å². The van der Waals surface area contributed by atoms with Gasteiger partial charge in [-0.3, -0.25) is 4.79 Å². The topological polar surface area (TPSA) is 78.9 Å². The van der Waals surface area contributed by atoms with Gasteiger partial charge in [-0.25, -0.2) is 4.98 Å². The molecular formula is C26H20ClN3O3S. The van der Waals surface area contributed by atoms with E-state index in [1.165, 1.54) is 18.4 Å².